The molecule has 1 amide bonds. The lowest BCUT2D eigenvalue weighted by Gasteiger charge is -2.35. The van der Waals surface area contributed by atoms with Gasteiger partial charge in [-0.1, -0.05) is 0 Å². The summed E-state index contributed by atoms with van der Waals surface area (Å²) in [6, 6.07) is 6.00. The first-order valence-corrected chi connectivity index (χ1v) is 8.03. The number of likely N-dealkylation sites (tertiary alicyclic amines) is 1. The fourth-order valence-electron chi connectivity index (χ4n) is 3.12. The molecule has 0 radical (unpaired) electrons. The van der Waals surface area contributed by atoms with Crippen LogP contribution in [0.2, 0.25) is 0 Å². The van der Waals surface area contributed by atoms with Crippen molar-refractivity contribution in [1.82, 2.24) is 4.90 Å². The van der Waals surface area contributed by atoms with Crippen molar-refractivity contribution in [2.75, 3.05) is 30.3 Å². The van der Waals surface area contributed by atoms with E-state index >= 15 is 0 Å². The van der Waals surface area contributed by atoms with Gasteiger partial charge in [-0.2, -0.15) is 0 Å². The molecule has 0 aromatic heterocycles. The van der Waals surface area contributed by atoms with Gasteiger partial charge < -0.3 is 15.5 Å². The van der Waals surface area contributed by atoms with Gasteiger partial charge >= 0.3 is 0 Å². The normalized spacial score (nSPS) is 18.6. The van der Waals surface area contributed by atoms with Crippen LogP contribution in [-0.2, 0) is 0 Å². The zero-order chi connectivity index (χ0) is 15.4. The highest BCUT2D eigenvalue weighted by Crippen LogP contribution is 2.27. The SMILES string of the molecule is CCN(CC)c1ccc(N)cc1C(=O)N1CCCCC1C. The number of amides is 1. The van der Waals surface area contributed by atoms with Crippen LogP contribution in [0.5, 0.6) is 0 Å². The van der Waals surface area contributed by atoms with Gasteiger partial charge in [-0.25, -0.2) is 0 Å². The second-order valence-electron chi connectivity index (χ2n) is 5.79. The molecule has 1 atom stereocenters. The monoisotopic (exact) mass is 289 g/mol. The number of piperidine rings is 1. The van der Waals surface area contributed by atoms with Gasteiger partial charge in [0.2, 0.25) is 0 Å². The Bertz CT molecular complexity index is 497. The zero-order valence-electron chi connectivity index (χ0n) is 13.4. The highest BCUT2D eigenvalue weighted by Gasteiger charge is 2.26. The Hall–Kier alpha value is -1.71. The van der Waals surface area contributed by atoms with E-state index in [0.717, 1.165) is 43.7 Å². The molecule has 1 unspecified atom stereocenters. The second kappa shape index (κ2) is 6.83. The summed E-state index contributed by atoms with van der Waals surface area (Å²) in [5, 5.41) is 0. The highest BCUT2D eigenvalue weighted by atomic mass is 16.2. The summed E-state index contributed by atoms with van der Waals surface area (Å²) in [7, 11) is 0. The number of benzene rings is 1. The summed E-state index contributed by atoms with van der Waals surface area (Å²) in [4.78, 5) is 17.2. The molecule has 0 saturated carbocycles. The molecule has 116 valence electrons. The van der Waals surface area contributed by atoms with Gasteiger partial charge in [-0.05, 0) is 58.2 Å². The van der Waals surface area contributed by atoms with Crippen molar-refractivity contribution in [1.29, 1.82) is 0 Å². The van der Waals surface area contributed by atoms with E-state index in [0.29, 0.717) is 11.7 Å². The lowest BCUT2D eigenvalue weighted by molar-refractivity contribution is 0.0636. The fourth-order valence-corrected chi connectivity index (χ4v) is 3.12. The van der Waals surface area contributed by atoms with Crippen LogP contribution >= 0.6 is 0 Å². The molecule has 2 N–H and O–H groups in total. The average Bonchev–Trinajstić information content (AvgIpc) is 2.49. The van der Waals surface area contributed by atoms with E-state index in [1.165, 1.54) is 6.42 Å². The van der Waals surface area contributed by atoms with Crippen LogP contribution in [0.15, 0.2) is 18.2 Å². The van der Waals surface area contributed by atoms with Crippen LogP contribution in [-0.4, -0.2) is 36.5 Å². The Kier molecular flexibility index (Phi) is 5.10. The van der Waals surface area contributed by atoms with E-state index in [1.54, 1.807) is 0 Å². The minimum Gasteiger partial charge on any atom is -0.399 e. The maximum absolute atomic E-state index is 13.0. The smallest absolute Gasteiger partial charge is 0.256 e. The predicted molar refractivity (Wildman–Crippen MR) is 88.8 cm³/mol. The molecule has 2 rings (SSSR count). The first kappa shape index (κ1) is 15.7. The summed E-state index contributed by atoms with van der Waals surface area (Å²) < 4.78 is 0. The third-order valence-electron chi connectivity index (χ3n) is 4.42. The lowest BCUT2D eigenvalue weighted by Crippen LogP contribution is -2.42. The first-order valence-electron chi connectivity index (χ1n) is 8.03. The fraction of sp³-hybridized carbons (Fsp3) is 0.588. The van der Waals surface area contributed by atoms with E-state index < -0.39 is 0 Å². The predicted octanol–water partition coefficient (Wildman–Crippen LogP) is 3.13. The molecule has 1 aromatic rings. The van der Waals surface area contributed by atoms with E-state index in [1.807, 2.05) is 23.1 Å². The molecule has 1 aliphatic heterocycles. The van der Waals surface area contributed by atoms with E-state index in [4.69, 9.17) is 5.73 Å². The molecule has 0 bridgehead atoms. The minimum absolute atomic E-state index is 0.122. The number of carbonyl (C=O) groups is 1. The zero-order valence-corrected chi connectivity index (χ0v) is 13.4. The molecular formula is C17H27N3O. The quantitative estimate of drug-likeness (QED) is 0.866. The van der Waals surface area contributed by atoms with Gasteiger partial charge in [0.1, 0.15) is 0 Å². The van der Waals surface area contributed by atoms with Crippen LogP contribution < -0.4 is 10.6 Å². The number of hydrogen-bond donors (Lipinski definition) is 1. The van der Waals surface area contributed by atoms with Crippen molar-refractivity contribution in [3.63, 3.8) is 0 Å². The van der Waals surface area contributed by atoms with Crippen LogP contribution in [0.25, 0.3) is 0 Å². The van der Waals surface area contributed by atoms with Crippen LogP contribution in [0.3, 0.4) is 0 Å². The molecule has 1 heterocycles. The summed E-state index contributed by atoms with van der Waals surface area (Å²) in [5.41, 5.74) is 8.32. The van der Waals surface area contributed by atoms with Gasteiger partial charge in [-0.3, -0.25) is 4.79 Å². The molecule has 1 fully saturated rings. The average molecular weight is 289 g/mol. The van der Waals surface area contributed by atoms with Crippen LogP contribution in [0.1, 0.15) is 50.4 Å². The number of nitrogens with zero attached hydrogens (tertiary/aromatic N) is 2. The Balaban J connectivity index is 2.36. The maximum Gasteiger partial charge on any atom is 0.256 e. The first-order chi connectivity index (χ1) is 10.1. The molecule has 4 heteroatoms. The Morgan fingerprint density at radius 2 is 2.05 bits per heavy atom. The van der Waals surface area contributed by atoms with E-state index in [9.17, 15) is 4.79 Å². The topological polar surface area (TPSA) is 49.6 Å². The lowest BCUT2D eigenvalue weighted by atomic mass is 10.0. The van der Waals surface area contributed by atoms with E-state index in [2.05, 4.69) is 25.7 Å². The Morgan fingerprint density at radius 1 is 1.33 bits per heavy atom. The highest BCUT2D eigenvalue weighted by molar-refractivity contribution is 6.01. The summed E-state index contributed by atoms with van der Waals surface area (Å²) in [5.74, 6) is 0.122. The van der Waals surface area contributed by atoms with Gasteiger partial charge in [0.05, 0.1) is 5.56 Å². The molecular weight excluding hydrogens is 262 g/mol. The van der Waals surface area contributed by atoms with Crippen molar-refractivity contribution in [2.45, 2.75) is 46.1 Å². The van der Waals surface area contributed by atoms with Crippen molar-refractivity contribution in [2.24, 2.45) is 0 Å². The molecule has 0 spiro atoms. The second-order valence-corrected chi connectivity index (χ2v) is 5.79. The Labute approximate surface area is 127 Å². The number of rotatable bonds is 4. The number of nitrogens with two attached hydrogens (primary N) is 1. The van der Waals surface area contributed by atoms with Gasteiger partial charge in [0.25, 0.3) is 5.91 Å². The van der Waals surface area contributed by atoms with Crippen LogP contribution in [0, 0.1) is 0 Å². The van der Waals surface area contributed by atoms with Crippen LogP contribution in [0.4, 0.5) is 11.4 Å². The molecule has 4 nitrogen and oxygen atoms in total. The largest absolute Gasteiger partial charge is 0.399 e. The van der Waals surface area contributed by atoms with Crippen molar-refractivity contribution in [3.05, 3.63) is 23.8 Å². The standard InChI is InChI=1S/C17H27N3O/c1-4-19(5-2)16-10-9-14(18)12-15(16)17(21)20-11-7-6-8-13(20)3/h9-10,12-13H,4-8,11,18H2,1-3H3. The van der Waals surface area contributed by atoms with Crippen molar-refractivity contribution in [3.8, 4) is 0 Å². The third-order valence-corrected chi connectivity index (χ3v) is 4.42. The number of anilines is 2. The molecule has 1 saturated heterocycles. The maximum atomic E-state index is 13.0. The molecule has 21 heavy (non-hydrogen) atoms. The van der Waals surface area contributed by atoms with Gasteiger partial charge in [0, 0.05) is 37.1 Å². The molecule has 1 aliphatic rings. The summed E-state index contributed by atoms with van der Waals surface area (Å²) in [6.07, 6.45) is 3.40. The van der Waals surface area contributed by atoms with Gasteiger partial charge in [-0.15, -0.1) is 0 Å². The summed E-state index contributed by atoms with van der Waals surface area (Å²) >= 11 is 0. The minimum atomic E-state index is 0.122. The van der Waals surface area contributed by atoms with Crippen molar-refractivity contribution < 1.29 is 4.79 Å². The molecule has 0 aliphatic carbocycles. The number of nitrogen functional groups attached to an aromatic ring is 1. The number of carbonyl (C=O) groups excluding carboxylic acids is 1. The number of hydrogen-bond acceptors (Lipinski definition) is 3. The van der Waals surface area contributed by atoms with E-state index in [-0.39, 0.29) is 5.91 Å². The summed E-state index contributed by atoms with van der Waals surface area (Å²) in [6.45, 7) is 8.98. The third kappa shape index (κ3) is 3.31. The van der Waals surface area contributed by atoms with Gasteiger partial charge in [0.15, 0.2) is 0 Å². The molecule has 1 aromatic carbocycles. The Morgan fingerprint density at radius 3 is 2.67 bits per heavy atom. The van der Waals surface area contributed by atoms with Crippen molar-refractivity contribution >= 4 is 17.3 Å².